The predicted octanol–water partition coefficient (Wildman–Crippen LogP) is -2.97. The van der Waals surface area contributed by atoms with E-state index in [1.165, 1.54) is 37.3 Å². The molecule has 0 amide bonds. The summed E-state index contributed by atoms with van der Waals surface area (Å²) in [7, 11) is -2.75. The Hall–Kier alpha value is -0.826. The van der Waals surface area contributed by atoms with Gasteiger partial charge in [0.05, 0.1) is 29.7 Å². The minimum Gasteiger partial charge on any atom is -1.00 e. The Kier molecular flexibility index (Phi) is 35.1. The van der Waals surface area contributed by atoms with Crippen molar-refractivity contribution in [3.05, 3.63) is 73.3 Å². The SMILES string of the molecule is CCOC(=O)/C=C/c1ncc(C)cc1[N+](=O)[O-].CCOC(=O)CP(C)(=O)OCC.Cc1cnc(C=O)c([N+](=O)[O-])c1.O=CO[O-].[Cs+].[Cs+].[H-]. The van der Waals surface area contributed by atoms with Crippen LogP contribution in [0.25, 0.3) is 6.08 Å². The van der Waals surface area contributed by atoms with Crippen LogP contribution in [0.15, 0.2) is 30.6 Å². The zero-order valence-corrected chi connectivity index (χ0v) is 40.9. The molecule has 1 atom stereocenters. The Bertz CT molecular complexity index is 1390. The average molecular weight is 924 g/mol. The van der Waals surface area contributed by atoms with Gasteiger partial charge in [0, 0.05) is 37.3 Å². The fraction of sp³-hybridized carbons (Fsp3) is 0.385. The molecule has 0 aliphatic rings. The first-order valence-corrected chi connectivity index (χ1v) is 15.0. The van der Waals surface area contributed by atoms with Crippen LogP contribution < -0.4 is 143 Å². The van der Waals surface area contributed by atoms with Crippen molar-refractivity contribution in [2.75, 3.05) is 32.6 Å². The van der Waals surface area contributed by atoms with Crippen molar-refractivity contribution in [1.29, 1.82) is 0 Å². The van der Waals surface area contributed by atoms with Gasteiger partial charge in [0.1, 0.15) is 11.9 Å². The van der Waals surface area contributed by atoms with Gasteiger partial charge in [0.25, 0.3) is 17.8 Å². The molecule has 0 spiro atoms. The van der Waals surface area contributed by atoms with E-state index < -0.39 is 29.2 Å². The average Bonchev–Trinajstić information content (AvgIpc) is 2.97. The van der Waals surface area contributed by atoms with E-state index in [9.17, 15) is 39.2 Å². The molecule has 0 saturated heterocycles. The van der Waals surface area contributed by atoms with Gasteiger partial charge in [-0.1, -0.05) is 0 Å². The molecule has 0 fully saturated rings. The standard InChI is InChI=1S/C11H12N2O4.C7H6N2O3.C7H15O4P.CH2O3.2Cs.H/c1-3-17-11(14)5-4-9-10(13(15)16)6-8(2)7-12-9;1-5-2-7(9(11)12)6(4-10)8-3-5;1-4-10-7(8)6-12(3,9)11-5-2;2-1-4-3;;;/h4-7H,3H2,1-2H3;2-4H,1H3;4-6H2,1-3H3;1,3H;;;/q;;;;2*+1;-1/p-1/b5-4+;;;;;;. The van der Waals surface area contributed by atoms with Crippen LogP contribution in [0.4, 0.5) is 11.4 Å². The van der Waals surface area contributed by atoms with Crippen molar-refractivity contribution in [3.8, 4) is 0 Å². The third-order valence-corrected chi connectivity index (χ3v) is 6.04. The molecule has 0 bridgehead atoms. The maximum absolute atomic E-state index is 11.4. The fourth-order valence-electron chi connectivity index (χ4n) is 2.74. The van der Waals surface area contributed by atoms with E-state index >= 15 is 0 Å². The summed E-state index contributed by atoms with van der Waals surface area (Å²) in [5, 5.41) is 29.5. The van der Waals surface area contributed by atoms with Crippen LogP contribution in [-0.2, 0) is 37.8 Å². The fourth-order valence-corrected chi connectivity index (χ4v) is 3.94. The quantitative estimate of drug-likeness (QED) is 0.0392. The Labute approximate surface area is 390 Å². The van der Waals surface area contributed by atoms with E-state index in [2.05, 4.69) is 24.3 Å². The van der Waals surface area contributed by atoms with Gasteiger partial charge in [-0.2, -0.15) is 0 Å². The van der Waals surface area contributed by atoms with Gasteiger partial charge >= 0.3 is 150 Å². The maximum atomic E-state index is 11.4. The zero-order chi connectivity index (χ0) is 35.0. The van der Waals surface area contributed by atoms with E-state index in [1.807, 2.05) is 0 Å². The number of aryl methyl sites for hydroxylation is 2. The summed E-state index contributed by atoms with van der Waals surface area (Å²) < 4.78 is 25.6. The molecule has 0 N–H and O–H groups in total. The van der Waals surface area contributed by atoms with Gasteiger partial charge in [-0.15, -0.1) is 0 Å². The maximum Gasteiger partial charge on any atom is 1.00 e. The third kappa shape index (κ3) is 26.7. The topological polar surface area (TPSA) is 257 Å². The number of carbonyl (C=O) groups excluding carboxylic acids is 4. The molecule has 250 valence electrons. The van der Waals surface area contributed by atoms with Crippen LogP contribution in [0.2, 0.25) is 0 Å². The molecule has 2 aromatic rings. The Morgan fingerprint density at radius 2 is 1.34 bits per heavy atom. The summed E-state index contributed by atoms with van der Waals surface area (Å²) in [5.41, 5.74) is 0.965. The van der Waals surface area contributed by atoms with E-state index in [-0.39, 0.29) is 181 Å². The Morgan fingerprint density at radius 1 is 0.894 bits per heavy atom. The van der Waals surface area contributed by atoms with Crippen LogP contribution in [-0.4, -0.2) is 77.2 Å². The minimum atomic E-state index is -2.75. The largest absolute Gasteiger partial charge is 1.00 e. The molecule has 0 aliphatic heterocycles. The van der Waals surface area contributed by atoms with Gasteiger partial charge in [0.15, 0.2) is 12.0 Å². The van der Waals surface area contributed by atoms with Gasteiger partial charge in [0.2, 0.25) is 7.37 Å². The van der Waals surface area contributed by atoms with Crippen molar-refractivity contribution < 1.29 is 197 Å². The van der Waals surface area contributed by atoms with Gasteiger partial charge in [-0.05, 0) is 51.8 Å². The number of aldehydes is 1. The summed E-state index contributed by atoms with van der Waals surface area (Å²) >= 11 is 0. The van der Waals surface area contributed by atoms with Crippen molar-refractivity contribution >= 4 is 49.5 Å². The van der Waals surface area contributed by atoms with Crippen molar-refractivity contribution in [2.24, 2.45) is 0 Å². The van der Waals surface area contributed by atoms with Crippen LogP contribution in [0.1, 0.15) is 49.5 Å². The monoisotopic (exact) mass is 924 g/mol. The second kappa shape index (κ2) is 31.2. The van der Waals surface area contributed by atoms with Crippen LogP contribution >= 0.6 is 7.37 Å². The molecule has 2 aromatic heterocycles. The second-order valence-corrected chi connectivity index (χ2v) is 10.7. The molecule has 2 rings (SSSR count). The zero-order valence-electron chi connectivity index (χ0n) is 28.4. The number of aromatic nitrogens is 2. The molecular weight excluding hydrogens is 889 g/mol. The van der Waals surface area contributed by atoms with E-state index in [1.54, 1.807) is 34.6 Å². The molecule has 2 heterocycles. The smallest absolute Gasteiger partial charge is 1.00 e. The molecule has 0 aromatic carbocycles. The summed E-state index contributed by atoms with van der Waals surface area (Å²) in [6, 6.07) is 2.72. The number of esters is 2. The van der Waals surface area contributed by atoms with E-state index in [4.69, 9.17) is 14.6 Å². The number of carbonyl (C=O) groups is 4. The second-order valence-electron chi connectivity index (χ2n) is 8.14. The molecule has 0 saturated carbocycles. The number of pyridine rings is 2. The van der Waals surface area contributed by atoms with E-state index in [0.29, 0.717) is 30.6 Å². The van der Waals surface area contributed by atoms with Crippen LogP contribution in [0.5, 0.6) is 0 Å². The van der Waals surface area contributed by atoms with Crippen LogP contribution in [0, 0.1) is 34.1 Å². The number of nitro groups is 2. The predicted molar refractivity (Wildman–Crippen MR) is 157 cm³/mol. The first-order chi connectivity index (χ1) is 21.1. The van der Waals surface area contributed by atoms with Crippen molar-refractivity contribution in [2.45, 2.75) is 34.6 Å². The summed E-state index contributed by atoms with van der Waals surface area (Å²) in [5.74, 6) is -1.01. The minimum absolute atomic E-state index is 0. The molecule has 21 heteroatoms. The summed E-state index contributed by atoms with van der Waals surface area (Å²) in [4.78, 5) is 70.9. The number of ether oxygens (including phenoxy) is 2. The first-order valence-electron chi connectivity index (χ1n) is 12.7. The first kappa shape index (κ1) is 53.0. The number of hydrogen-bond donors (Lipinski definition) is 0. The molecule has 18 nitrogen and oxygen atoms in total. The molecule has 0 aliphatic carbocycles. The third-order valence-electron chi connectivity index (χ3n) is 4.40. The number of rotatable bonds is 12. The van der Waals surface area contributed by atoms with Crippen molar-refractivity contribution in [1.82, 2.24) is 9.97 Å². The van der Waals surface area contributed by atoms with Crippen LogP contribution in [0.3, 0.4) is 0 Å². The molecule has 47 heavy (non-hydrogen) atoms. The van der Waals surface area contributed by atoms with Gasteiger partial charge in [-0.25, -0.2) is 14.8 Å². The normalized spacial score (nSPS) is 10.5. The molecular formula is C26H35Cs2N4O14P. The van der Waals surface area contributed by atoms with E-state index in [0.717, 1.165) is 6.08 Å². The molecule has 1 unspecified atom stereocenters. The summed E-state index contributed by atoms with van der Waals surface area (Å²) in [6.45, 7) is 10.7. The summed E-state index contributed by atoms with van der Waals surface area (Å²) in [6.07, 6.45) is 5.55. The Morgan fingerprint density at radius 3 is 1.72 bits per heavy atom. The molecule has 0 radical (unpaired) electrons. The number of hydrogen-bond acceptors (Lipinski definition) is 16. The van der Waals surface area contributed by atoms with Crippen molar-refractivity contribution in [3.63, 3.8) is 0 Å². The number of nitrogens with zero attached hydrogens (tertiary/aromatic N) is 4. The van der Waals surface area contributed by atoms with Gasteiger partial charge in [-0.3, -0.25) is 39.2 Å². The Balaban J connectivity index is -0.000000180. The van der Waals surface area contributed by atoms with Gasteiger partial charge < -0.3 is 25.6 Å².